The van der Waals surface area contributed by atoms with E-state index in [1.165, 1.54) is 0 Å². The molecule has 0 aromatic heterocycles. The maximum atomic E-state index is 12.3. The number of hydrogen-bond donors (Lipinski definition) is 1. The van der Waals surface area contributed by atoms with Crippen LogP contribution in [0.2, 0.25) is 0 Å². The van der Waals surface area contributed by atoms with E-state index in [2.05, 4.69) is 0 Å². The molecule has 3 rings (SSSR count). The van der Waals surface area contributed by atoms with Crippen LogP contribution in [0.3, 0.4) is 0 Å². The van der Waals surface area contributed by atoms with Gasteiger partial charge in [-0.05, 0) is 19.8 Å². The highest BCUT2D eigenvalue weighted by Crippen LogP contribution is 2.66. The molecule has 2 atom stereocenters. The van der Waals surface area contributed by atoms with E-state index in [-0.39, 0.29) is 23.8 Å². The molecular weight excluding hydrogens is 222 g/mol. The fraction of sp³-hybridized carbons (Fsp3) is 0.833. The predicted molar refractivity (Wildman–Crippen MR) is 58.0 cm³/mol. The summed E-state index contributed by atoms with van der Waals surface area (Å²) in [5, 5.41) is 9.79. The predicted octanol–water partition coefficient (Wildman–Crippen LogP) is 0.0654. The first-order valence-electron chi connectivity index (χ1n) is 6.21. The zero-order valence-corrected chi connectivity index (χ0v) is 9.94. The van der Waals surface area contributed by atoms with Gasteiger partial charge in [0.2, 0.25) is 5.91 Å². The summed E-state index contributed by atoms with van der Waals surface area (Å²) in [4.78, 5) is 25.8. The number of nitrogens with zero attached hydrogens (tertiary/aromatic N) is 1. The minimum Gasteiger partial charge on any atom is -0.464 e. The molecule has 1 N–H and O–H groups in total. The van der Waals surface area contributed by atoms with Crippen molar-refractivity contribution in [3.8, 4) is 0 Å². The third-order valence-electron chi connectivity index (χ3n) is 4.52. The number of β-amino-alcohol motifs (C(OH)–C–C–N with tert-alkyl or cyclic N) is 1. The molecule has 0 bridgehead atoms. The van der Waals surface area contributed by atoms with Gasteiger partial charge in [0.05, 0.1) is 12.7 Å². The Hall–Kier alpha value is -1.10. The lowest BCUT2D eigenvalue weighted by Crippen LogP contribution is -2.53. The first-order chi connectivity index (χ1) is 8.06. The monoisotopic (exact) mass is 239 g/mol. The molecule has 5 nitrogen and oxygen atoms in total. The summed E-state index contributed by atoms with van der Waals surface area (Å²) >= 11 is 0. The number of esters is 1. The van der Waals surface area contributed by atoms with Gasteiger partial charge < -0.3 is 14.7 Å². The van der Waals surface area contributed by atoms with Crippen LogP contribution < -0.4 is 0 Å². The summed E-state index contributed by atoms with van der Waals surface area (Å²) in [6.45, 7) is 2.36. The second-order valence-electron chi connectivity index (χ2n) is 5.40. The quantitative estimate of drug-likeness (QED) is 0.692. The van der Waals surface area contributed by atoms with Crippen molar-refractivity contribution in [2.75, 3.05) is 13.2 Å². The van der Waals surface area contributed by atoms with Gasteiger partial charge in [-0.1, -0.05) is 0 Å². The lowest BCUT2D eigenvalue weighted by atomic mass is 9.79. The van der Waals surface area contributed by atoms with Gasteiger partial charge in [0.1, 0.15) is 5.54 Å². The number of ether oxygens (including phenoxy) is 1. The second-order valence-corrected chi connectivity index (χ2v) is 5.40. The van der Waals surface area contributed by atoms with E-state index in [0.717, 1.165) is 12.8 Å². The van der Waals surface area contributed by atoms with Gasteiger partial charge in [0.25, 0.3) is 0 Å². The molecule has 5 heteroatoms. The normalized spacial score (nSPS) is 37.4. The van der Waals surface area contributed by atoms with Gasteiger partial charge in [-0.25, -0.2) is 4.79 Å². The van der Waals surface area contributed by atoms with Crippen molar-refractivity contribution in [1.82, 2.24) is 4.90 Å². The number of aliphatic hydroxyl groups excluding tert-OH is 1. The number of aliphatic hydroxyl groups is 1. The van der Waals surface area contributed by atoms with Crippen LogP contribution in [0.15, 0.2) is 0 Å². The Morgan fingerprint density at radius 2 is 2.29 bits per heavy atom. The van der Waals surface area contributed by atoms with Crippen LogP contribution in [-0.2, 0) is 14.3 Å². The molecule has 1 unspecified atom stereocenters. The van der Waals surface area contributed by atoms with Crippen molar-refractivity contribution in [1.29, 1.82) is 0 Å². The summed E-state index contributed by atoms with van der Waals surface area (Å²) < 4.78 is 5.16. The van der Waals surface area contributed by atoms with E-state index in [1.54, 1.807) is 11.8 Å². The van der Waals surface area contributed by atoms with Gasteiger partial charge in [-0.15, -0.1) is 0 Å². The minimum atomic E-state index is -0.862. The Balaban J connectivity index is 2.02. The molecule has 1 saturated carbocycles. The third-order valence-corrected chi connectivity index (χ3v) is 4.52. The molecule has 3 fully saturated rings. The Bertz CT molecular complexity index is 390. The molecule has 1 aliphatic carbocycles. The summed E-state index contributed by atoms with van der Waals surface area (Å²) in [7, 11) is 0. The van der Waals surface area contributed by atoms with Gasteiger partial charge >= 0.3 is 5.97 Å². The maximum absolute atomic E-state index is 12.3. The number of carbonyl (C=O) groups excluding carboxylic acids is 2. The van der Waals surface area contributed by atoms with E-state index < -0.39 is 11.6 Å². The highest BCUT2D eigenvalue weighted by atomic mass is 16.5. The van der Waals surface area contributed by atoms with Crippen LogP contribution in [0.4, 0.5) is 0 Å². The van der Waals surface area contributed by atoms with E-state index >= 15 is 0 Å². The zero-order valence-electron chi connectivity index (χ0n) is 9.94. The molecule has 0 radical (unpaired) electrons. The Morgan fingerprint density at radius 3 is 2.88 bits per heavy atom. The fourth-order valence-corrected chi connectivity index (χ4v) is 3.63. The Morgan fingerprint density at radius 1 is 1.59 bits per heavy atom. The highest BCUT2D eigenvalue weighted by molar-refractivity contribution is 5.95. The molecule has 3 aliphatic rings. The van der Waals surface area contributed by atoms with Crippen LogP contribution in [0.5, 0.6) is 0 Å². The average molecular weight is 239 g/mol. The molecular formula is C12H17NO4. The van der Waals surface area contributed by atoms with Crippen molar-refractivity contribution in [2.45, 2.75) is 44.2 Å². The van der Waals surface area contributed by atoms with Crippen molar-refractivity contribution in [2.24, 2.45) is 5.41 Å². The largest absolute Gasteiger partial charge is 0.464 e. The first kappa shape index (κ1) is 11.0. The summed E-state index contributed by atoms with van der Waals surface area (Å²) in [5.41, 5.74) is -1.10. The summed E-state index contributed by atoms with van der Waals surface area (Å²) in [5.74, 6) is -0.327. The lowest BCUT2D eigenvalue weighted by Gasteiger charge is -2.34. The van der Waals surface area contributed by atoms with Crippen molar-refractivity contribution >= 4 is 11.9 Å². The summed E-state index contributed by atoms with van der Waals surface area (Å²) in [6, 6.07) is 0. The van der Waals surface area contributed by atoms with Gasteiger partial charge in [-0.2, -0.15) is 0 Å². The molecule has 17 heavy (non-hydrogen) atoms. The van der Waals surface area contributed by atoms with E-state index in [1.807, 2.05) is 0 Å². The number of hydrogen-bond acceptors (Lipinski definition) is 4. The van der Waals surface area contributed by atoms with E-state index in [4.69, 9.17) is 4.74 Å². The minimum absolute atomic E-state index is 0.00731. The Kier molecular flexibility index (Phi) is 2.09. The van der Waals surface area contributed by atoms with Crippen molar-refractivity contribution in [3.63, 3.8) is 0 Å². The van der Waals surface area contributed by atoms with E-state index in [0.29, 0.717) is 19.4 Å². The molecule has 2 saturated heterocycles. The molecule has 94 valence electrons. The number of fused-ring (bicyclic) bond motifs is 2. The van der Waals surface area contributed by atoms with Crippen molar-refractivity contribution in [3.05, 3.63) is 0 Å². The summed E-state index contributed by atoms with van der Waals surface area (Å²) in [6.07, 6.45) is 1.97. The molecule has 2 heterocycles. The fourth-order valence-electron chi connectivity index (χ4n) is 3.63. The average Bonchev–Trinajstić information content (AvgIpc) is 2.89. The lowest BCUT2D eigenvalue weighted by molar-refractivity contribution is -0.160. The van der Waals surface area contributed by atoms with Crippen LogP contribution >= 0.6 is 0 Å². The SMILES string of the molecule is CCOC(=O)[C@]12CC(O)CN1C(=O)CC21CC1. The topological polar surface area (TPSA) is 66.8 Å². The maximum Gasteiger partial charge on any atom is 0.332 e. The van der Waals surface area contributed by atoms with Crippen LogP contribution in [0, 0.1) is 5.41 Å². The highest BCUT2D eigenvalue weighted by Gasteiger charge is 2.75. The van der Waals surface area contributed by atoms with Crippen LogP contribution in [-0.4, -0.2) is 46.7 Å². The number of amides is 1. The van der Waals surface area contributed by atoms with Crippen molar-refractivity contribution < 1.29 is 19.4 Å². The molecule has 2 aliphatic heterocycles. The number of rotatable bonds is 2. The van der Waals surface area contributed by atoms with Crippen LogP contribution in [0.1, 0.15) is 32.6 Å². The van der Waals surface area contributed by atoms with Gasteiger partial charge in [0.15, 0.2) is 0 Å². The Labute approximate surface area is 99.7 Å². The molecule has 1 spiro atoms. The van der Waals surface area contributed by atoms with Crippen LogP contribution in [0.25, 0.3) is 0 Å². The molecule has 1 amide bonds. The molecule has 0 aromatic rings. The van der Waals surface area contributed by atoms with Gasteiger partial charge in [-0.3, -0.25) is 4.79 Å². The van der Waals surface area contributed by atoms with Gasteiger partial charge in [0, 0.05) is 24.8 Å². The smallest absolute Gasteiger partial charge is 0.332 e. The standard InChI is InChI=1S/C12H17NO4/c1-2-17-10(16)12-5-8(14)7-13(12)9(15)6-11(12)3-4-11/h8,14H,2-7H2,1H3/t8?,12-/m0/s1. The molecule has 0 aromatic carbocycles. The number of carbonyl (C=O) groups is 2. The van der Waals surface area contributed by atoms with E-state index in [9.17, 15) is 14.7 Å². The third kappa shape index (κ3) is 1.18. The zero-order chi connectivity index (χ0) is 12.3. The first-order valence-corrected chi connectivity index (χ1v) is 6.21. The second kappa shape index (κ2) is 3.22.